The van der Waals surface area contributed by atoms with Crippen molar-refractivity contribution in [2.24, 2.45) is 0 Å². The molecule has 4 heteroatoms. The third-order valence-corrected chi connectivity index (χ3v) is 3.06. The number of thioether (sulfide) groups is 1. The molecule has 0 heterocycles. The first-order chi connectivity index (χ1) is 7.74. The number of carbonyl (C=O) groups excluding carboxylic acids is 1. The van der Waals surface area contributed by atoms with E-state index in [9.17, 15) is 9.18 Å². The van der Waals surface area contributed by atoms with Gasteiger partial charge in [-0.15, -0.1) is 11.8 Å². The Morgan fingerprint density at radius 2 is 2.19 bits per heavy atom. The molecule has 0 aliphatic rings. The van der Waals surface area contributed by atoms with Gasteiger partial charge in [-0.3, -0.25) is 4.79 Å². The van der Waals surface area contributed by atoms with Crippen LogP contribution in [0.1, 0.15) is 19.8 Å². The van der Waals surface area contributed by atoms with Crippen LogP contribution in [0.3, 0.4) is 0 Å². The Kier molecular flexibility index (Phi) is 5.93. The van der Waals surface area contributed by atoms with Gasteiger partial charge in [-0.1, -0.05) is 12.1 Å². The van der Waals surface area contributed by atoms with Crippen LogP contribution < -0.4 is 0 Å². The lowest BCUT2D eigenvalue weighted by molar-refractivity contribution is -0.143. The second kappa shape index (κ2) is 7.28. The fraction of sp³-hybridized carbons (Fsp3) is 0.417. The highest BCUT2D eigenvalue weighted by molar-refractivity contribution is 7.99. The van der Waals surface area contributed by atoms with Crippen molar-refractivity contribution in [1.29, 1.82) is 0 Å². The molecule has 1 aromatic carbocycles. The smallest absolute Gasteiger partial charge is 0.305 e. The lowest BCUT2D eigenvalue weighted by Crippen LogP contribution is -2.03. The molecule has 0 saturated carbocycles. The molecule has 0 atom stereocenters. The maximum atomic E-state index is 13.2. The summed E-state index contributed by atoms with van der Waals surface area (Å²) >= 11 is 1.42. The van der Waals surface area contributed by atoms with Crippen LogP contribution in [0.15, 0.2) is 29.2 Å². The molecule has 0 unspecified atom stereocenters. The average Bonchev–Trinajstić information content (AvgIpc) is 2.27. The summed E-state index contributed by atoms with van der Waals surface area (Å²) in [6.45, 7) is 2.20. The van der Waals surface area contributed by atoms with Crippen LogP contribution in [0, 0.1) is 5.82 Å². The molecule has 1 rings (SSSR count). The second-order valence-corrected chi connectivity index (χ2v) is 4.32. The Hall–Kier alpha value is -1.03. The number of benzene rings is 1. The molecule has 16 heavy (non-hydrogen) atoms. The van der Waals surface area contributed by atoms with Crippen molar-refractivity contribution in [3.63, 3.8) is 0 Å². The molecule has 0 spiro atoms. The minimum atomic E-state index is -0.205. The van der Waals surface area contributed by atoms with Gasteiger partial charge in [0.15, 0.2) is 0 Å². The van der Waals surface area contributed by atoms with Crippen molar-refractivity contribution in [1.82, 2.24) is 0 Å². The maximum absolute atomic E-state index is 13.2. The van der Waals surface area contributed by atoms with Gasteiger partial charge < -0.3 is 4.74 Å². The molecular formula is C12H15FO2S. The van der Waals surface area contributed by atoms with Gasteiger partial charge in [-0.05, 0) is 31.2 Å². The number of rotatable bonds is 6. The van der Waals surface area contributed by atoms with Crippen molar-refractivity contribution >= 4 is 17.7 Å². The third kappa shape index (κ3) is 4.66. The quantitative estimate of drug-likeness (QED) is 0.435. The summed E-state index contributed by atoms with van der Waals surface area (Å²) in [5.74, 6) is 0.333. The zero-order valence-electron chi connectivity index (χ0n) is 9.24. The number of ether oxygens (including phenoxy) is 1. The second-order valence-electron chi connectivity index (χ2n) is 3.19. The Morgan fingerprint density at radius 1 is 1.44 bits per heavy atom. The molecule has 2 nitrogen and oxygen atoms in total. The molecule has 0 aliphatic carbocycles. The number of hydrogen-bond acceptors (Lipinski definition) is 3. The molecule has 0 saturated heterocycles. The van der Waals surface area contributed by atoms with Gasteiger partial charge in [-0.2, -0.15) is 0 Å². The van der Waals surface area contributed by atoms with Gasteiger partial charge in [0.1, 0.15) is 5.82 Å². The fourth-order valence-electron chi connectivity index (χ4n) is 1.19. The van der Waals surface area contributed by atoms with Crippen molar-refractivity contribution in [3.05, 3.63) is 30.1 Å². The molecule has 0 radical (unpaired) electrons. The van der Waals surface area contributed by atoms with Gasteiger partial charge in [-0.25, -0.2) is 4.39 Å². The van der Waals surface area contributed by atoms with Gasteiger partial charge >= 0.3 is 5.97 Å². The lowest BCUT2D eigenvalue weighted by atomic mass is 10.3. The zero-order chi connectivity index (χ0) is 11.8. The van der Waals surface area contributed by atoms with E-state index in [2.05, 4.69) is 0 Å². The highest BCUT2D eigenvalue weighted by Crippen LogP contribution is 2.22. The number of esters is 1. The Balaban J connectivity index is 2.21. The predicted octanol–water partition coefficient (Wildman–Crippen LogP) is 3.26. The van der Waals surface area contributed by atoms with Gasteiger partial charge in [0.25, 0.3) is 0 Å². The summed E-state index contributed by atoms with van der Waals surface area (Å²) in [7, 11) is 0. The topological polar surface area (TPSA) is 26.3 Å². The summed E-state index contributed by atoms with van der Waals surface area (Å²) in [5.41, 5.74) is 0. The van der Waals surface area contributed by atoms with Crippen LogP contribution in [0.25, 0.3) is 0 Å². The lowest BCUT2D eigenvalue weighted by Gasteiger charge is -2.03. The number of hydrogen-bond donors (Lipinski definition) is 0. The van der Waals surface area contributed by atoms with Crippen molar-refractivity contribution in [2.75, 3.05) is 12.4 Å². The van der Waals surface area contributed by atoms with E-state index in [1.54, 1.807) is 25.1 Å². The van der Waals surface area contributed by atoms with Crippen molar-refractivity contribution in [3.8, 4) is 0 Å². The average molecular weight is 242 g/mol. The molecule has 0 aliphatic heterocycles. The van der Waals surface area contributed by atoms with Crippen LogP contribution in [-0.2, 0) is 9.53 Å². The SMILES string of the molecule is CCOC(=O)CCCSc1ccccc1F. The van der Waals surface area contributed by atoms with E-state index in [1.807, 2.05) is 0 Å². The third-order valence-electron chi connectivity index (χ3n) is 1.92. The summed E-state index contributed by atoms with van der Waals surface area (Å²) in [4.78, 5) is 11.6. The maximum Gasteiger partial charge on any atom is 0.305 e. The monoisotopic (exact) mass is 242 g/mol. The molecular weight excluding hydrogens is 227 g/mol. The molecule has 1 aromatic rings. The predicted molar refractivity (Wildman–Crippen MR) is 63.0 cm³/mol. The first kappa shape index (κ1) is 13.0. The Bertz CT molecular complexity index is 342. The molecule has 0 fully saturated rings. The first-order valence-corrected chi connectivity index (χ1v) is 6.25. The number of carbonyl (C=O) groups is 1. The van der Waals surface area contributed by atoms with E-state index >= 15 is 0 Å². The van der Waals surface area contributed by atoms with Gasteiger partial charge in [0, 0.05) is 11.3 Å². The normalized spacial score (nSPS) is 10.1. The van der Waals surface area contributed by atoms with Crippen LogP contribution in [-0.4, -0.2) is 18.3 Å². The molecule has 88 valence electrons. The van der Waals surface area contributed by atoms with E-state index in [-0.39, 0.29) is 11.8 Å². The highest BCUT2D eigenvalue weighted by Gasteiger charge is 2.03. The highest BCUT2D eigenvalue weighted by atomic mass is 32.2. The van der Waals surface area contributed by atoms with Crippen molar-refractivity contribution in [2.45, 2.75) is 24.7 Å². The summed E-state index contributed by atoms with van der Waals surface area (Å²) in [6.07, 6.45) is 1.10. The van der Waals surface area contributed by atoms with Crippen molar-refractivity contribution < 1.29 is 13.9 Å². The summed E-state index contributed by atoms with van der Waals surface area (Å²) < 4.78 is 18.0. The minimum Gasteiger partial charge on any atom is -0.466 e. The minimum absolute atomic E-state index is 0.184. The van der Waals surface area contributed by atoms with Gasteiger partial charge in [0.05, 0.1) is 6.61 Å². The van der Waals surface area contributed by atoms with E-state index in [0.29, 0.717) is 24.3 Å². The van der Waals surface area contributed by atoms with Crippen LogP contribution in [0.2, 0.25) is 0 Å². The Labute approximate surface area is 99.2 Å². The van der Waals surface area contributed by atoms with Crippen LogP contribution in [0.5, 0.6) is 0 Å². The summed E-state index contributed by atoms with van der Waals surface area (Å²) in [6, 6.07) is 6.65. The van der Waals surface area contributed by atoms with Crippen LogP contribution in [0.4, 0.5) is 4.39 Å². The van der Waals surface area contributed by atoms with Crippen LogP contribution >= 0.6 is 11.8 Å². The summed E-state index contributed by atoms with van der Waals surface area (Å²) in [5, 5.41) is 0. The fourth-order valence-corrected chi connectivity index (χ4v) is 2.08. The Morgan fingerprint density at radius 3 is 2.88 bits per heavy atom. The van der Waals surface area contributed by atoms with E-state index in [1.165, 1.54) is 17.8 Å². The molecule has 0 amide bonds. The largest absolute Gasteiger partial charge is 0.466 e. The van der Waals surface area contributed by atoms with Gasteiger partial charge in [0.2, 0.25) is 0 Å². The first-order valence-electron chi connectivity index (χ1n) is 5.27. The number of halogens is 1. The van der Waals surface area contributed by atoms with E-state index in [4.69, 9.17) is 4.74 Å². The standard InChI is InChI=1S/C12H15FO2S/c1-2-15-12(14)8-5-9-16-11-7-4-3-6-10(11)13/h3-4,6-7H,2,5,8-9H2,1H3. The van der Waals surface area contributed by atoms with E-state index in [0.717, 1.165) is 5.75 Å². The zero-order valence-corrected chi connectivity index (χ0v) is 10.1. The molecule has 0 aromatic heterocycles. The molecule has 0 bridgehead atoms. The van der Waals surface area contributed by atoms with E-state index < -0.39 is 0 Å². The molecule has 0 N–H and O–H groups in total.